The van der Waals surface area contributed by atoms with Crippen LogP contribution in [0, 0.1) is 22.0 Å². The highest BCUT2D eigenvalue weighted by atomic mass is 16.6. The topological polar surface area (TPSA) is 93.0 Å². The molecule has 0 spiro atoms. The fourth-order valence-corrected chi connectivity index (χ4v) is 4.81. The van der Waals surface area contributed by atoms with Crippen LogP contribution in [0.3, 0.4) is 0 Å². The van der Waals surface area contributed by atoms with E-state index in [0.29, 0.717) is 24.1 Å². The van der Waals surface area contributed by atoms with Crippen LogP contribution < -0.4 is 9.80 Å². The van der Waals surface area contributed by atoms with Crippen LogP contribution in [0.5, 0.6) is 0 Å². The van der Waals surface area contributed by atoms with E-state index in [0.717, 1.165) is 37.2 Å². The maximum absolute atomic E-state index is 12.6. The minimum absolute atomic E-state index is 0.0631. The molecule has 8 heteroatoms. The van der Waals surface area contributed by atoms with E-state index in [1.165, 1.54) is 12.1 Å². The fraction of sp³-hybridized carbons (Fsp3) is 0.417. The van der Waals surface area contributed by atoms with E-state index in [4.69, 9.17) is 4.74 Å². The van der Waals surface area contributed by atoms with Crippen molar-refractivity contribution in [2.24, 2.45) is 11.8 Å². The molecule has 4 rings (SSSR count). The molecule has 32 heavy (non-hydrogen) atoms. The van der Waals surface area contributed by atoms with Crippen molar-refractivity contribution >= 4 is 28.9 Å². The van der Waals surface area contributed by atoms with Crippen molar-refractivity contribution < 1.29 is 19.2 Å². The molecule has 2 aromatic carbocycles. The fourth-order valence-electron chi connectivity index (χ4n) is 4.81. The number of nitro groups is 1. The van der Waals surface area contributed by atoms with Crippen LogP contribution in [-0.2, 0) is 16.0 Å². The molecule has 0 aliphatic carbocycles. The first-order valence-electron chi connectivity index (χ1n) is 10.9. The number of ether oxygens (including phenoxy) is 1. The van der Waals surface area contributed by atoms with Crippen LogP contribution in [0.2, 0.25) is 0 Å². The number of esters is 1. The number of anilines is 2. The van der Waals surface area contributed by atoms with Crippen molar-refractivity contribution in [3.63, 3.8) is 0 Å². The molecule has 0 aromatic heterocycles. The maximum Gasteiger partial charge on any atom is 0.338 e. The van der Waals surface area contributed by atoms with Crippen LogP contribution in [0.1, 0.15) is 36.2 Å². The van der Waals surface area contributed by atoms with Gasteiger partial charge in [-0.1, -0.05) is 32.0 Å². The Balaban J connectivity index is 1.45. The number of para-hydroxylation sites is 1. The van der Waals surface area contributed by atoms with E-state index in [1.807, 2.05) is 29.2 Å². The number of carbonyl (C=O) groups is 2. The van der Waals surface area contributed by atoms with Gasteiger partial charge in [-0.15, -0.1) is 0 Å². The summed E-state index contributed by atoms with van der Waals surface area (Å²) < 4.78 is 5.21. The third-order valence-corrected chi connectivity index (χ3v) is 6.13. The van der Waals surface area contributed by atoms with Gasteiger partial charge in [-0.3, -0.25) is 14.9 Å². The molecule has 168 valence electrons. The number of fused-ring (bicyclic) bond motifs is 1. The van der Waals surface area contributed by atoms with E-state index < -0.39 is 17.5 Å². The van der Waals surface area contributed by atoms with Crippen LogP contribution in [0.15, 0.2) is 42.5 Å². The van der Waals surface area contributed by atoms with Crippen LogP contribution in [-0.4, -0.2) is 43.0 Å². The van der Waals surface area contributed by atoms with Crippen molar-refractivity contribution in [2.45, 2.75) is 26.7 Å². The summed E-state index contributed by atoms with van der Waals surface area (Å²) in [4.78, 5) is 40.0. The normalized spacial score (nSPS) is 20.1. The molecule has 2 aliphatic rings. The summed E-state index contributed by atoms with van der Waals surface area (Å²) in [5.74, 6) is -0.193. The molecule has 0 radical (unpaired) electrons. The highest BCUT2D eigenvalue weighted by Gasteiger charge is 2.29. The SMILES string of the molecule is CC1CC(C)CN(c2ccc(C(=O)OCC(=O)N3CCc4ccccc43)cc2[N+](=O)[O-])C1. The molecule has 2 unspecified atom stereocenters. The average molecular weight is 437 g/mol. The quantitative estimate of drug-likeness (QED) is 0.401. The third-order valence-electron chi connectivity index (χ3n) is 6.13. The van der Waals surface area contributed by atoms with E-state index in [-0.39, 0.29) is 17.2 Å². The molecule has 2 aliphatic heterocycles. The first kappa shape index (κ1) is 21.8. The Labute approximate surface area is 186 Å². The number of rotatable bonds is 5. The van der Waals surface area contributed by atoms with Gasteiger partial charge in [-0.25, -0.2) is 4.79 Å². The molecule has 1 saturated heterocycles. The zero-order valence-corrected chi connectivity index (χ0v) is 18.3. The molecule has 2 aromatic rings. The number of nitrogens with zero attached hydrogens (tertiary/aromatic N) is 3. The predicted molar refractivity (Wildman–Crippen MR) is 121 cm³/mol. The molecule has 0 saturated carbocycles. The second-order valence-electron chi connectivity index (χ2n) is 8.81. The Morgan fingerprint density at radius 2 is 1.81 bits per heavy atom. The third kappa shape index (κ3) is 4.44. The predicted octanol–water partition coefficient (Wildman–Crippen LogP) is 3.82. The number of hydrogen-bond donors (Lipinski definition) is 0. The van der Waals surface area contributed by atoms with Crippen LogP contribution >= 0.6 is 0 Å². The van der Waals surface area contributed by atoms with Gasteiger partial charge in [-0.2, -0.15) is 0 Å². The number of benzene rings is 2. The van der Waals surface area contributed by atoms with Gasteiger partial charge in [0.2, 0.25) is 0 Å². The van der Waals surface area contributed by atoms with Gasteiger partial charge in [0.05, 0.1) is 10.5 Å². The van der Waals surface area contributed by atoms with Gasteiger partial charge < -0.3 is 14.5 Å². The second kappa shape index (κ2) is 8.98. The highest BCUT2D eigenvalue weighted by molar-refractivity contribution is 5.99. The lowest BCUT2D eigenvalue weighted by molar-refractivity contribution is -0.384. The zero-order chi connectivity index (χ0) is 22.8. The highest BCUT2D eigenvalue weighted by Crippen LogP contribution is 2.34. The molecule has 0 bridgehead atoms. The van der Waals surface area contributed by atoms with Crippen molar-refractivity contribution in [2.75, 3.05) is 36.0 Å². The minimum Gasteiger partial charge on any atom is -0.452 e. The van der Waals surface area contributed by atoms with Gasteiger partial charge in [0, 0.05) is 31.4 Å². The Morgan fingerprint density at radius 3 is 2.53 bits per heavy atom. The van der Waals surface area contributed by atoms with Gasteiger partial charge in [0.15, 0.2) is 6.61 Å². The summed E-state index contributed by atoms with van der Waals surface area (Å²) >= 11 is 0. The van der Waals surface area contributed by atoms with Gasteiger partial charge in [-0.05, 0) is 48.4 Å². The van der Waals surface area contributed by atoms with Crippen molar-refractivity contribution in [1.82, 2.24) is 0 Å². The largest absolute Gasteiger partial charge is 0.452 e. The summed E-state index contributed by atoms with van der Waals surface area (Å²) in [6.45, 7) is 5.88. The zero-order valence-electron chi connectivity index (χ0n) is 18.3. The van der Waals surface area contributed by atoms with E-state index in [1.54, 1.807) is 11.0 Å². The smallest absolute Gasteiger partial charge is 0.338 e. The maximum atomic E-state index is 12.6. The number of carbonyl (C=O) groups excluding carboxylic acids is 2. The lowest BCUT2D eigenvalue weighted by Crippen LogP contribution is -2.39. The van der Waals surface area contributed by atoms with Crippen molar-refractivity contribution in [1.29, 1.82) is 0 Å². The van der Waals surface area contributed by atoms with Gasteiger partial charge in [0.25, 0.3) is 11.6 Å². The Kier molecular flexibility index (Phi) is 6.12. The molecule has 8 nitrogen and oxygen atoms in total. The van der Waals surface area contributed by atoms with E-state index in [2.05, 4.69) is 13.8 Å². The van der Waals surface area contributed by atoms with E-state index >= 15 is 0 Å². The summed E-state index contributed by atoms with van der Waals surface area (Å²) in [5.41, 5.74) is 2.36. The number of nitro benzene ring substituents is 1. The van der Waals surface area contributed by atoms with Crippen LogP contribution in [0.4, 0.5) is 17.1 Å². The van der Waals surface area contributed by atoms with Crippen LogP contribution in [0.25, 0.3) is 0 Å². The van der Waals surface area contributed by atoms with Crippen molar-refractivity contribution in [3.8, 4) is 0 Å². The molecular weight excluding hydrogens is 410 g/mol. The molecule has 1 fully saturated rings. The second-order valence-corrected chi connectivity index (χ2v) is 8.81. The molecular formula is C24H27N3O5. The monoisotopic (exact) mass is 437 g/mol. The Morgan fingerprint density at radius 1 is 1.09 bits per heavy atom. The Bertz CT molecular complexity index is 1040. The number of hydrogen-bond acceptors (Lipinski definition) is 6. The standard InChI is InChI=1S/C24H27N3O5/c1-16-11-17(2)14-25(13-16)21-8-7-19(12-22(21)27(30)31)24(29)32-15-23(28)26-10-9-18-5-3-4-6-20(18)26/h3-8,12,16-17H,9-11,13-15H2,1-2H3. The first-order valence-corrected chi connectivity index (χ1v) is 10.9. The Hall–Kier alpha value is -3.42. The van der Waals surface area contributed by atoms with Gasteiger partial charge in [0.1, 0.15) is 5.69 Å². The first-order chi connectivity index (χ1) is 15.3. The minimum atomic E-state index is -0.749. The summed E-state index contributed by atoms with van der Waals surface area (Å²) in [5, 5.41) is 11.7. The number of amides is 1. The molecule has 0 N–H and O–H groups in total. The molecule has 1 amide bonds. The molecule has 2 heterocycles. The molecule has 2 atom stereocenters. The van der Waals surface area contributed by atoms with Crippen molar-refractivity contribution in [3.05, 3.63) is 63.7 Å². The summed E-state index contributed by atoms with van der Waals surface area (Å²) in [7, 11) is 0. The van der Waals surface area contributed by atoms with Gasteiger partial charge >= 0.3 is 5.97 Å². The summed E-state index contributed by atoms with van der Waals surface area (Å²) in [6.07, 6.45) is 1.85. The lowest BCUT2D eigenvalue weighted by Gasteiger charge is -2.36. The average Bonchev–Trinajstić information content (AvgIpc) is 3.20. The lowest BCUT2D eigenvalue weighted by atomic mass is 9.91. The van der Waals surface area contributed by atoms with E-state index in [9.17, 15) is 19.7 Å². The number of piperidine rings is 1. The summed E-state index contributed by atoms with van der Waals surface area (Å²) in [6, 6.07) is 12.0.